The van der Waals surface area contributed by atoms with Gasteiger partial charge in [0, 0.05) is 28.6 Å². The highest BCUT2D eigenvalue weighted by atomic mass is 79.9. The van der Waals surface area contributed by atoms with Gasteiger partial charge in [-0.05, 0) is 37.5 Å². The molecule has 0 radical (unpaired) electrons. The number of nitrogens with zero attached hydrogens (tertiary/aromatic N) is 1. The van der Waals surface area contributed by atoms with Crippen LogP contribution in [0.25, 0.3) is 0 Å². The molecule has 1 aromatic carbocycles. The number of rotatable bonds is 3. The van der Waals surface area contributed by atoms with E-state index in [0.717, 1.165) is 28.1 Å². The van der Waals surface area contributed by atoms with Crippen LogP contribution in [0.2, 0.25) is 5.02 Å². The van der Waals surface area contributed by atoms with Crippen molar-refractivity contribution in [3.63, 3.8) is 0 Å². The predicted molar refractivity (Wildman–Crippen MR) is 76.1 cm³/mol. The number of benzene rings is 1. The molecular formula is C13H18BrClN2. The molecule has 1 fully saturated rings. The fraction of sp³-hybridized carbons (Fsp3) is 0.538. The molecule has 1 saturated heterocycles. The Morgan fingerprint density at radius 2 is 2.00 bits per heavy atom. The first-order valence-corrected chi connectivity index (χ1v) is 7.30. The highest BCUT2D eigenvalue weighted by Crippen LogP contribution is 2.26. The molecule has 1 aliphatic rings. The van der Waals surface area contributed by atoms with E-state index in [2.05, 4.69) is 39.4 Å². The van der Waals surface area contributed by atoms with Gasteiger partial charge in [0.25, 0.3) is 0 Å². The second-order valence-electron chi connectivity index (χ2n) is 4.56. The van der Waals surface area contributed by atoms with Gasteiger partial charge in [0.1, 0.15) is 0 Å². The van der Waals surface area contributed by atoms with Crippen molar-refractivity contribution in [2.24, 2.45) is 0 Å². The van der Waals surface area contributed by atoms with E-state index in [4.69, 9.17) is 11.6 Å². The Hall–Kier alpha value is -0.0900. The Morgan fingerprint density at radius 3 is 2.65 bits per heavy atom. The molecule has 17 heavy (non-hydrogen) atoms. The maximum absolute atomic E-state index is 6.25. The maximum atomic E-state index is 6.25. The van der Waals surface area contributed by atoms with Gasteiger partial charge in [-0.2, -0.15) is 0 Å². The van der Waals surface area contributed by atoms with Crippen LogP contribution in [-0.4, -0.2) is 18.1 Å². The van der Waals surface area contributed by atoms with E-state index >= 15 is 0 Å². The van der Waals surface area contributed by atoms with Crippen molar-refractivity contribution >= 4 is 27.5 Å². The number of hydrogen-bond donors (Lipinski definition) is 1. The molecule has 1 N–H and O–H groups in total. The summed E-state index contributed by atoms with van der Waals surface area (Å²) in [4.78, 5) is 0. The number of hydrazine groups is 1. The zero-order valence-corrected chi connectivity index (χ0v) is 12.4. The molecule has 0 spiro atoms. The second-order valence-corrected chi connectivity index (χ2v) is 5.89. The Bertz CT molecular complexity index is 378. The monoisotopic (exact) mass is 316 g/mol. The molecule has 2 rings (SSSR count). The molecule has 0 aliphatic carbocycles. The highest BCUT2D eigenvalue weighted by Gasteiger charge is 2.15. The fourth-order valence-electron chi connectivity index (χ4n) is 2.22. The van der Waals surface area contributed by atoms with E-state index in [1.54, 1.807) is 0 Å². The Kier molecular flexibility index (Phi) is 4.86. The molecule has 1 aliphatic heterocycles. The van der Waals surface area contributed by atoms with E-state index in [1.807, 2.05) is 12.1 Å². The summed E-state index contributed by atoms with van der Waals surface area (Å²) < 4.78 is 1.02. The molecule has 0 amide bonds. The van der Waals surface area contributed by atoms with Crippen LogP contribution in [0.1, 0.15) is 37.8 Å². The van der Waals surface area contributed by atoms with Gasteiger partial charge >= 0.3 is 0 Å². The van der Waals surface area contributed by atoms with Gasteiger partial charge in [-0.3, -0.25) is 0 Å². The quantitative estimate of drug-likeness (QED) is 0.901. The smallest absolute Gasteiger partial charge is 0.0465 e. The predicted octanol–water partition coefficient (Wildman–Crippen LogP) is 4.15. The fourth-order valence-corrected chi connectivity index (χ4v) is 3.06. The minimum atomic E-state index is 0.258. The van der Waals surface area contributed by atoms with Gasteiger partial charge in [0.15, 0.2) is 0 Å². The van der Waals surface area contributed by atoms with Crippen LogP contribution in [0, 0.1) is 0 Å². The van der Waals surface area contributed by atoms with E-state index in [9.17, 15) is 0 Å². The average molecular weight is 318 g/mol. The summed E-state index contributed by atoms with van der Waals surface area (Å²) >= 11 is 9.68. The van der Waals surface area contributed by atoms with Crippen LogP contribution >= 0.6 is 27.5 Å². The number of nitrogens with one attached hydrogen (secondary N) is 1. The first-order chi connectivity index (χ1) is 8.16. The summed E-state index contributed by atoms with van der Waals surface area (Å²) in [5.74, 6) is 0. The van der Waals surface area contributed by atoms with E-state index in [-0.39, 0.29) is 6.04 Å². The van der Waals surface area contributed by atoms with Crippen molar-refractivity contribution in [3.8, 4) is 0 Å². The van der Waals surface area contributed by atoms with Gasteiger partial charge in [0.05, 0.1) is 0 Å². The maximum Gasteiger partial charge on any atom is 0.0465 e. The summed E-state index contributed by atoms with van der Waals surface area (Å²) in [6.45, 7) is 4.43. The Morgan fingerprint density at radius 1 is 1.29 bits per heavy atom. The standard InChI is InChI=1S/C13H18BrClN2/c1-10(16-17-7-3-2-4-8-17)12-6-5-11(14)9-13(12)15/h5-6,9-10,16H,2-4,7-8H2,1H3. The molecule has 94 valence electrons. The van der Waals surface area contributed by atoms with Crippen molar-refractivity contribution in [2.45, 2.75) is 32.2 Å². The Labute approximate surface area is 116 Å². The van der Waals surface area contributed by atoms with Crippen molar-refractivity contribution in [3.05, 3.63) is 33.3 Å². The zero-order valence-electron chi connectivity index (χ0n) is 10.0. The summed E-state index contributed by atoms with van der Waals surface area (Å²) in [7, 11) is 0. The van der Waals surface area contributed by atoms with Crippen LogP contribution in [0.15, 0.2) is 22.7 Å². The van der Waals surface area contributed by atoms with Gasteiger partial charge in [-0.1, -0.05) is 40.0 Å². The molecule has 0 bridgehead atoms. The van der Waals surface area contributed by atoms with Crippen molar-refractivity contribution < 1.29 is 0 Å². The lowest BCUT2D eigenvalue weighted by atomic mass is 10.1. The SMILES string of the molecule is CC(NN1CCCCC1)c1ccc(Br)cc1Cl. The summed E-state index contributed by atoms with van der Waals surface area (Å²) in [6.07, 6.45) is 3.92. The largest absolute Gasteiger partial charge is 0.248 e. The van der Waals surface area contributed by atoms with E-state index in [0.29, 0.717) is 0 Å². The molecule has 1 aromatic rings. The lowest BCUT2D eigenvalue weighted by Gasteiger charge is -2.30. The summed E-state index contributed by atoms with van der Waals surface area (Å²) in [5, 5.41) is 3.13. The van der Waals surface area contributed by atoms with E-state index < -0.39 is 0 Å². The molecule has 0 aromatic heterocycles. The molecule has 4 heteroatoms. The second kappa shape index (κ2) is 6.19. The van der Waals surface area contributed by atoms with Gasteiger partial charge in [-0.15, -0.1) is 0 Å². The van der Waals surface area contributed by atoms with Crippen LogP contribution < -0.4 is 5.43 Å². The number of halogens is 2. The van der Waals surface area contributed by atoms with Gasteiger partial charge < -0.3 is 0 Å². The van der Waals surface area contributed by atoms with Crippen LogP contribution in [0.4, 0.5) is 0 Å². The number of piperidine rings is 1. The van der Waals surface area contributed by atoms with Crippen LogP contribution in [-0.2, 0) is 0 Å². The molecule has 1 atom stereocenters. The third kappa shape index (κ3) is 3.68. The minimum Gasteiger partial charge on any atom is -0.248 e. The lowest BCUT2D eigenvalue weighted by molar-refractivity contribution is 0.133. The van der Waals surface area contributed by atoms with E-state index in [1.165, 1.54) is 19.3 Å². The zero-order chi connectivity index (χ0) is 12.3. The first kappa shape index (κ1) is 13.3. The molecular weight excluding hydrogens is 300 g/mol. The third-order valence-electron chi connectivity index (χ3n) is 3.16. The molecule has 2 nitrogen and oxygen atoms in total. The summed E-state index contributed by atoms with van der Waals surface area (Å²) in [6, 6.07) is 6.32. The normalized spacial score (nSPS) is 19.2. The summed E-state index contributed by atoms with van der Waals surface area (Å²) in [5.41, 5.74) is 4.68. The van der Waals surface area contributed by atoms with Gasteiger partial charge in [-0.25, -0.2) is 10.4 Å². The number of hydrogen-bond acceptors (Lipinski definition) is 2. The van der Waals surface area contributed by atoms with Crippen LogP contribution in [0.3, 0.4) is 0 Å². The average Bonchev–Trinajstić information content (AvgIpc) is 2.30. The molecule has 0 saturated carbocycles. The molecule has 1 unspecified atom stereocenters. The minimum absolute atomic E-state index is 0.258. The first-order valence-electron chi connectivity index (χ1n) is 6.13. The van der Waals surface area contributed by atoms with Crippen LogP contribution in [0.5, 0.6) is 0 Å². The third-order valence-corrected chi connectivity index (χ3v) is 3.98. The van der Waals surface area contributed by atoms with Gasteiger partial charge in [0.2, 0.25) is 0 Å². The molecule has 1 heterocycles. The van der Waals surface area contributed by atoms with Crippen molar-refractivity contribution in [2.75, 3.05) is 13.1 Å². The van der Waals surface area contributed by atoms with Crippen molar-refractivity contribution in [1.29, 1.82) is 0 Å². The van der Waals surface area contributed by atoms with Crippen molar-refractivity contribution in [1.82, 2.24) is 10.4 Å². The highest BCUT2D eigenvalue weighted by molar-refractivity contribution is 9.10. The topological polar surface area (TPSA) is 15.3 Å². The Balaban J connectivity index is 2.00. The lowest BCUT2D eigenvalue weighted by Crippen LogP contribution is -2.42.